The van der Waals surface area contributed by atoms with Crippen LogP contribution in [0, 0.1) is 5.82 Å². The molecule has 3 nitrogen and oxygen atoms in total. The van der Waals surface area contributed by atoms with Gasteiger partial charge in [0, 0.05) is 19.3 Å². The summed E-state index contributed by atoms with van der Waals surface area (Å²) < 4.78 is 22.8. The van der Waals surface area contributed by atoms with E-state index in [2.05, 4.69) is 5.32 Å². The van der Waals surface area contributed by atoms with Crippen molar-refractivity contribution in [2.75, 3.05) is 38.8 Å². The zero-order valence-electron chi connectivity index (χ0n) is 8.83. The number of benzene rings is 1. The van der Waals surface area contributed by atoms with Crippen LogP contribution in [0.15, 0.2) is 24.3 Å². The zero-order valence-corrected chi connectivity index (χ0v) is 8.83. The summed E-state index contributed by atoms with van der Waals surface area (Å²) in [5.41, 5.74) is 0.769. The summed E-state index contributed by atoms with van der Waals surface area (Å²) in [4.78, 5) is 0. The summed E-state index contributed by atoms with van der Waals surface area (Å²) in [5, 5.41) is 3.06. The molecule has 4 heteroatoms. The maximum atomic E-state index is 12.8. The minimum absolute atomic E-state index is 0.236. The predicted molar refractivity (Wildman–Crippen MR) is 57.6 cm³/mol. The molecule has 1 rings (SSSR count). The summed E-state index contributed by atoms with van der Waals surface area (Å²) in [6.45, 7) is 2.42. The molecule has 0 aliphatic carbocycles. The van der Waals surface area contributed by atoms with Gasteiger partial charge in [-0.2, -0.15) is 0 Å². The molecule has 15 heavy (non-hydrogen) atoms. The number of rotatable bonds is 7. The van der Waals surface area contributed by atoms with Crippen LogP contribution in [-0.4, -0.2) is 33.5 Å². The molecule has 0 unspecified atom stereocenters. The van der Waals surface area contributed by atoms with E-state index in [1.807, 2.05) is 6.07 Å². The van der Waals surface area contributed by atoms with Crippen molar-refractivity contribution in [3.63, 3.8) is 0 Å². The van der Waals surface area contributed by atoms with Crippen LogP contribution < -0.4 is 5.32 Å². The minimum Gasteiger partial charge on any atom is -0.383 e. The normalized spacial score (nSPS) is 10.3. The second-order valence-corrected chi connectivity index (χ2v) is 3.04. The summed E-state index contributed by atoms with van der Waals surface area (Å²) >= 11 is 0. The van der Waals surface area contributed by atoms with Crippen molar-refractivity contribution in [1.29, 1.82) is 0 Å². The largest absolute Gasteiger partial charge is 0.383 e. The molecule has 0 aliphatic heterocycles. The number of halogens is 1. The highest BCUT2D eigenvalue weighted by Crippen LogP contribution is 2.07. The van der Waals surface area contributed by atoms with Gasteiger partial charge in [0.1, 0.15) is 5.82 Å². The Bertz CT molecular complexity index is 281. The Morgan fingerprint density at radius 1 is 1.27 bits per heavy atom. The number of ether oxygens (including phenoxy) is 2. The van der Waals surface area contributed by atoms with E-state index in [4.69, 9.17) is 9.47 Å². The van der Waals surface area contributed by atoms with E-state index in [9.17, 15) is 4.39 Å². The monoisotopic (exact) mass is 213 g/mol. The highest BCUT2D eigenvalue weighted by Gasteiger charge is 1.93. The molecule has 0 saturated carbocycles. The molecule has 0 fully saturated rings. The van der Waals surface area contributed by atoms with Crippen LogP contribution in [0.2, 0.25) is 0 Å². The Labute approximate surface area is 89.2 Å². The van der Waals surface area contributed by atoms with Crippen LogP contribution in [0.3, 0.4) is 0 Å². The van der Waals surface area contributed by atoms with Crippen LogP contribution in [0.5, 0.6) is 0 Å². The summed E-state index contributed by atoms with van der Waals surface area (Å²) in [7, 11) is 1.63. The minimum atomic E-state index is -0.236. The third kappa shape index (κ3) is 5.34. The smallest absolute Gasteiger partial charge is 0.125 e. The average Bonchev–Trinajstić information content (AvgIpc) is 2.23. The van der Waals surface area contributed by atoms with E-state index in [0.717, 1.165) is 5.69 Å². The van der Waals surface area contributed by atoms with E-state index < -0.39 is 0 Å². The lowest BCUT2D eigenvalue weighted by molar-refractivity contribution is 0.0759. The van der Waals surface area contributed by atoms with Crippen molar-refractivity contribution < 1.29 is 13.9 Å². The standard InChI is InChI=1S/C11H16FNO2/c1-14-7-8-15-6-5-13-11-4-2-3-10(12)9-11/h2-4,9,13H,5-8H2,1H3. The van der Waals surface area contributed by atoms with Crippen molar-refractivity contribution in [1.82, 2.24) is 0 Å². The van der Waals surface area contributed by atoms with Crippen molar-refractivity contribution in [3.05, 3.63) is 30.1 Å². The third-order valence-electron chi connectivity index (χ3n) is 1.83. The molecule has 0 bridgehead atoms. The van der Waals surface area contributed by atoms with Gasteiger partial charge in [0.15, 0.2) is 0 Å². The highest BCUT2D eigenvalue weighted by molar-refractivity contribution is 5.42. The number of hydrogen-bond acceptors (Lipinski definition) is 3. The zero-order chi connectivity index (χ0) is 10.9. The fourth-order valence-electron chi connectivity index (χ4n) is 1.11. The quantitative estimate of drug-likeness (QED) is 0.702. The summed E-state index contributed by atoms with van der Waals surface area (Å²) in [5.74, 6) is -0.236. The second-order valence-electron chi connectivity index (χ2n) is 3.04. The number of methoxy groups -OCH3 is 1. The lowest BCUT2D eigenvalue weighted by atomic mass is 10.3. The molecule has 1 N–H and O–H groups in total. The van der Waals surface area contributed by atoms with Gasteiger partial charge >= 0.3 is 0 Å². The van der Waals surface area contributed by atoms with Gasteiger partial charge < -0.3 is 14.8 Å². The van der Waals surface area contributed by atoms with Crippen LogP contribution >= 0.6 is 0 Å². The van der Waals surface area contributed by atoms with Crippen molar-refractivity contribution in [2.45, 2.75) is 0 Å². The number of anilines is 1. The Morgan fingerprint density at radius 2 is 2.13 bits per heavy atom. The molecule has 0 atom stereocenters. The number of nitrogens with one attached hydrogen (secondary N) is 1. The topological polar surface area (TPSA) is 30.5 Å². The van der Waals surface area contributed by atoms with Gasteiger partial charge in [0.05, 0.1) is 19.8 Å². The number of hydrogen-bond donors (Lipinski definition) is 1. The molecule has 0 saturated heterocycles. The lowest BCUT2D eigenvalue weighted by Crippen LogP contribution is -2.11. The van der Waals surface area contributed by atoms with Crippen LogP contribution in [0.4, 0.5) is 10.1 Å². The van der Waals surface area contributed by atoms with Gasteiger partial charge in [0.25, 0.3) is 0 Å². The molecule has 0 radical (unpaired) electrons. The Kier molecular flexibility index (Phi) is 5.73. The second kappa shape index (κ2) is 7.20. The molecular formula is C11H16FNO2. The van der Waals surface area contributed by atoms with Crippen molar-refractivity contribution in [3.8, 4) is 0 Å². The third-order valence-corrected chi connectivity index (χ3v) is 1.83. The van der Waals surface area contributed by atoms with Crippen LogP contribution in [-0.2, 0) is 9.47 Å². The van der Waals surface area contributed by atoms with E-state index in [0.29, 0.717) is 26.4 Å². The molecule has 0 heterocycles. The predicted octanol–water partition coefficient (Wildman–Crippen LogP) is 1.90. The maximum Gasteiger partial charge on any atom is 0.125 e. The first-order valence-electron chi connectivity index (χ1n) is 4.89. The SMILES string of the molecule is COCCOCCNc1cccc(F)c1. The average molecular weight is 213 g/mol. The maximum absolute atomic E-state index is 12.8. The summed E-state index contributed by atoms with van der Waals surface area (Å²) in [6.07, 6.45) is 0. The molecule has 1 aromatic carbocycles. The molecule has 0 amide bonds. The van der Waals surface area contributed by atoms with Gasteiger partial charge in [-0.05, 0) is 18.2 Å². The van der Waals surface area contributed by atoms with E-state index in [1.54, 1.807) is 13.2 Å². The van der Waals surface area contributed by atoms with E-state index in [-0.39, 0.29) is 5.82 Å². The van der Waals surface area contributed by atoms with Gasteiger partial charge in [-0.15, -0.1) is 0 Å². The van der Waals surface area contributed by atoms with Crippen molar-refractivity contribution >= 4 is 5.69 Å². The highest BCUT2D eigenvalue weighted by atomic mass is 19.1. The Morgan fingerprint density at radius 3 is 2.87 bits per heavy atom. The van der Waals surface area contributed by atoms with E-state index in [1.165, 1.54) is 12.1 Å². The molecule has 0 aliphatic rings. The van der Waals surface area contributed by atoms with Gasteiger partial charge in [0.2, 0.25) is 0 Å². The van der Waals surface area contributed by atoms with Crippen molar-refractivity contribution in [2.24, 2.45) is 0 Å². The fraction of sp³-hybridized carbons (Fsp3) is 0.455. The van der Waals surface area contributed by atoms with E-state index >= 15 is 0 Å². The summed E-state index contributed by atoms with van der Waals surface area (Å²) in [6, 6.07) is 6.36. The van der Waals surface area contributed by atoms with Crippen LogP contribution in [0.1, 0.15) is 0 Å². The van der Waals surface area contributed by atoms with Crippen LogP contribution in [0.25, 0.3) is 0 Å². The Balaban J connectivity index is 2.10. The molecule has 0 aromatic heterocycles. The molecule has 1 aromatic rings. The molecule has 0 spiro atoms. The first-order chi connectivity index (χ1) is 7.33. The fourth-order valence-corrected chi connectivity index (χ4v) is 1.11. The molecule has 84 valence electrons. The molecular weight excluding hydrogens is 197 g/mol. The Hall–Kier alpha value is -1.13. The lowest BCUT2D eigenvalue weighted by Gasteiger charge is -2.06. The van der Waals surface area contributed by atoms with Gasteiger partial charge in [-0.3, -0.25) is 0 Å². The first kappa shape index (κ1) is 11.9. The van der Waals surface area contributed by atoms with Gasteiger partial charge in [-0.1, -0.05) is 6.07 Å². The first-order valence-corrected chi connectivity index (χ1v) is 4.89. The van der Waals surface area contributed by atoms with Gasteiger partial charge in [-0.25, -0.2) is 4.39 Å².